The van der Waals surface area contributed by atoms with Gasteiger partial charge in [-0.2, -0.15) is 11.8 Å². The molecule has 0 spiro atoms. The monoisotopic (exact) mass is 496 g/mol. The smallest absolute Gasteiger partial charge is 0.326 e. The van der Waals surface area contributed by atoms with Crippen LogP contribution >= 0.6 is 11.8 Å². The zero-order valence-electron chi connectivity index (χ0n) is 20.0. The SMILES string of the molecule is CSCCC(NC(=O)C(N)C(C)O)C(=O)NC(Cc1ccccc1)C(=O)NC(C(=O)O)C(C)C. The van der Waals surface area contributed by atoms with E-state index in [0.29, 0.717) is 5.75 Å². The normalized spacial score (nSPS) is 15.5. The first-order chi connectivity index (χ1) is 16.0. The topological polar surface area (TPSA) is 171 Å². The summed E-state index contributed by atoms with van der Waals surface area (Å²) in [5, 5.41) is 26.7. The highest BCUT2D eigenvalue weighted by atomic mass is 32.2. The standard InChI is InChI=1S/C23H36N4O6S/c1-13(2)19(23(32)33)27-21(30)17(12-15-8-6-5-7-9-15)26-20(29)16(10-11-34-4)25-22(31)18(24)14(3)28/h5-9,13-14,16-19,28H,10-12,24H2,1-4H3,(H,25,31)(H,26,29)(H,27,30)(H,32,33). The van der Waals surface area contributed by atoms with E-state index < -0.39 is 54.0 Å². The predicted octanol–water partition coefficient (Wildman–Crippen LogP) is -0.115. The summed E-state index contributed by atoms with van der Waals surface area (Å²) < 4.78 is 0. The van der Waals surface area contributed by atoms with Crippen LogP contribution in [-0.2, 0) is 25.6 Å². The molecule has 3 amide bonds. The van der Waals surface area contributed by atoms with E-state index in [1.54, 1.807) is 38.1 Å². The maximum Gasteiger partial charge on any atom is 0.326 e. The van der Waals surface area contributed by atoms with E-state index >= 15 is 0 Å². The number of aliphatic hydroxyl groups excluding tert-OH is 1. The number of carboxylic acid groups (broad SMARTS) is 1. The first-order valence-corrected chi connectivity index (χ1v) is 12.5. The number of rotatable bonds is 14. The Labute approximate surface area is 204 Å². The molecule has 5 atom stereocenters. The van der Waals surface area contributed by atoms with Crippen molar-refractivity contribution in [3.63, 3.8) is 0 Å². The molecule has 0 bridgehead atoms. The third kappa shape index (κ3) is 9.70. The Kier molecular flexibility index (Phi) is 12.6. The van der Waals surface area contributed by atoms with Crippen molar-refractivity contribution in [1.82, 2.24) is 16.0 Å². The summed E-state index contributed by atoms with van der Waals surface area (Å²) in [5.74, 6) is -2.94. The van der Waals surface area contributed by atoms with Crippen molar-refractivity contribution in [2.45, 2.75) is 63.9 Å². The van der Waals surface area contributed by atoms with Crippen molar-refractivity contribution in [2.75, 3.05) is 12.0 Å². The highest BCUT2D eigenvalue weighted by Crippen LogP contribution is 2.08. The fraction of sp³-hybridized carbons (Fsp3) is 0.565. The molecule has 1 aromatic carbocycles. The van der Waals surface area contributed by atoms with Gasteiger partial charge in [-0.3, -0.25) is 14.4 Å². The summed E-state index contributed by atoms with van der Waals surface area (Å²) >= 11 is 1.48. The van der Waals surface area contributed by atoms with E-state index in [1.165, 1.54) is 18.7 Å². The van der Waals surface area contributed by atoms with Gasteiger partial charge in [-0.05, 0) is 36.8 Å². The largest absolute Gasteiger partial charge is 0.480 e. The number of hydrogen-bond donors (Lipinski definition) is 6. The van der Waals surface area contributed by atoms with Gasteiger partial charge < -0.3 is 31.9 Å². The molecule has 34 heavy (non-hydrogen) atoms. The van der Waals surface area contributed by atoms with Crippen LogP contribution < -0.4 is 21.7 Å². The second-order valence-electron chi connectivity index (χ2n) is 8.43. The van der Waals surface area contributed by atoms with Crippen LogP contribution in [0, 0.1) is 5.92 Å². The third-order valence-corrected chi connectivity index (χ3v) is 5.86. The van der Waals surface area contributed by atoms with Gasteiger partial charge in [0.1, 0.15) is 24.2 Å². The van der Waals surface area contributed by atoms with Gasteiger partial charge in [-0.1, -0.05) is 44.2 Å². The molecule has 5 unspecified atom stereocenters. The number of benzene rings is 1. The summed E-state index contributed by atoms with van der Waals surface area (Å²) in [7, 11) is 0. The lowest BCUT2D eigenvalue weighted by atomic mass is 10.0. The van der Waals surface area contributed by atoms with Crippen LogP contribution in [0.2, 0.25) is 0 Å². The van der Waals surface area contributed by atoms with E-state index in [1.807, 2.05) is 12.3 Å². The van der Waals surface area contributed by atoms with E-state index in [-0.39, 0.29) is 18.8 Å². The minimum Gasteiger partial charge on any atom is -0.480 e. The molecule has 0 aliphatic carbocycles. The predicted molar refractivity (Wildman–Crippen MR) is 131 cm³/mol. The van der Waals surface area contributed by atoms with Gasteiger partial charge in [0.25, 0.3) is 0 Å². The maximum atomic E-state index is 13.1. The molecule has 0 aliphatic heterocycles. The molecule has 0 aromatic heterocycles. The fourth-order valence-corrected chi connectivity index (χ4v) is 3.56. The molecule has 10 nitrogen and oxygen atoms in total. The Morgan fingerprint density at radius 2 is 1.50 bits per heavy atom. The molecule has 0 saturated heterocycles. The number of aliphatic carboxylic acids is 1. The summed E-state index contributed by atoms with van der Waals surface area (Å²) in [6, 6.07) is 4.57. The number of aliphatic hydroxyl groups is 1. The quantitative estimate of drug-likeness (QED) is 0.207. The summed E-state index contributed by atoms with van der Waals surface area (Å²) in [6.45, 7) is 4.71. The minimum absolute atomic E-state index is 0.124. The van der Waals surface area contributed by atoms with Crippen LogP contribution in [0.1, 0.15) is 32.8 Å². The number of nitrogens with two attached hydrogens (primary N) is 1. The Hall–Kier alpha value is -2.63. The van der Waals surface area contributed by atoms with E-state index in [9.17, 15) is 29.4 Å². The van der Waals surface area contributed by atoms with E-state index in [2.05, 4.69) is 16.0 Å². The molecule has 1 aromatic rings. The lowest BCUT2D eigenvalue weighted by Gasteiger charge is -2.26. The zero-order chi connectivity index (χ0) is 25.8. The van der Waals surface area contributed by atoms with E-state index in [0.717, 1.165) is 5.56 Å². The average Bonchev–Trinajstić information content (AvgIpc) is 2.78. The Morgan fingerprint density at radius 3 is 2.00 bits per heavy atom. The average molecular weight is 497 g/mol. The number of carbonyl (C=O) groups excluding carboxylic acids is 3. The van der Waals surface area contributed by atoms with Crippen molar-refractivity contribution in [3.05, 3.63) is 35.9 Å². The Morgan fingerprint density at radius 1 is 0.941 bits per heavy atom. The summed E-state index contributed by atoms with van der Waals surface area (Å²) in [6.07, 6.45) is 1.14. The van der Waals surface area contributed by atoms with Gasteiger partial charge in [-0.15, -0.1) is 0 Å². The summed E-state index contributed by atoms with van der Waals surface area (Å²) in [5.41, 5.74) is 6.45. The molecule has 0 heterocycles. The van der Waals surface area contributed by atoms with Gasteiger partial charge in [0.2, 0.25) is 17.7 Å². The van der Waals surface area contributed by atoms with Gasteiger partial charge in [-0.25, -0.2) is 4.79 Å². The second kappa shape index (κ2) is 14.6. The van der Waals surface area contributed by atoms with Crippen LogP contribution in [0.3, 0.4) is 0 Å². The number of carboxylic acids is 1. The van der Waals surface area contributed by atoms with Crippen molar-refractivity contribution >= 4 is 35.5 Å². The Balaban J connectivity index is 3.10. The molecule has 190 valence electrons. The molecule has 0 radical (unpaired) electrons. The van der Waals surface area contributed by atoms with Gasteiger partial charge in [0.05, 0.1) is 6.10 Å². The van der Waals surface area contributed by atoms with Crippen LogP contribution in [0.4, 0.5) is 0 Å². The molecule has 0 saturated carbocycles. The molecule has 0 aliphatic rings. The fourth-order valence-electron chi connectivity index (χ4n) is 3.09. The molecule has 11 heteroatoms. The molecular weight excluding hydrogens is 460 g/mol. The second-order valence-corrected chi connectivity index (χ2v) is 9.41. The lowest BCUT2D eigenvalue weighted by molar-refractivity contribution is -0.143. The van der Waals surface area contributed by atoms with Crippen LogP contribution in [-0.4, -0.2) is 76.2 Å². The van der Waals surface area contributed by atoms with Gasteiger partial charge >= 0.3 is 5.97 Å². The maximum absolute atomic E-state index is 13.1. The van der Waals surface area contributed by atoms with Gasteiger partial charge in [0.15, 0.2) is 0 Å². The molecule has 7 N–H and O–H groups in total. The zero-order valence-corrected chi connectivity index (χ0v) is 20.8. The van der Waals surface area contributed by atoms with Crippen molar-refractivity contribution in [1.29, 1.82) is 0 Å². The highest BCUT2D eigenvalue weighted by Gasteiger charge is 2.31. The number of nitrogens with one attached hydrogen (secondary N) is 3. The summed E-state index contributed by atoms with van der Waals surface area (Å²) in [4.78, 5) is 50.0. The van der Waals surface area contributed by atoms with Crippen LogP contribution in [0.15, 0.2) is 30.3 Å². The molecular formula is C23H36N4O6S. The first kappa shape index (κ1) is 29.4. The minimum atomic E-state index is -1.21. The number of amides is 3. The lowest BCUT2D eigenvalue weighted by Crippen LogP contribution is -2.59. The van der Waals surface area contributed by atoms with Crippen molar-refractivity contribution in [3.8, 4) is 0 Å². The first-order valence-electron chi connectivity index (χ1n) is 11.1. The number of carbonyl (C=O) groups is 4. The number of hydrogen-bond acceptors (Lipinski definition) is 7. The molecule has 0 fully saturated rings. The highest BCUT2D eigenvalue weighted by molar-refractivity contribution is 7.98. The van der Waals surface area contributed by atoms with E-state index in [4.69, 9.17) is 5.73 Å². The van der Waals surface area contributed by atoms with Crippen molar-refractivity contribution in [2.24, 2.45) is 11.7 Å². The Bertz CT molecular complexity index is 821. The third-order valence-electron chi connectivity index (χ3n) is 5.21. The number of thioether (sulfide) groups is 1. The van der Waals surface area contributed by atoms with Crippen LogP contribution in [0.25, 0.3) is 0 Å². The van der Waals surface area contributed by atoms with Crippen molar-refractivity contribution < 1.29 is 29.4 Å². The van der Waals surface area contributed by atoms with Crippen LogP contribution in [0.5, 0.6) is 0 Å². The molecule has 1 rings (SSSR count). The van der Waals surface area contributed by atoms with Gasteiger partial charge in [0, 0.05) is 6.42 Å².